The molecule has 28 heavy (non-hydrogen) atoms. The molecule has 2 aromatic rings. The topological polar surface area (TPSA) is 99.6 Å². The summed E-state index contributed by atoms with van der Waals surface area (Å²) in [6, 6.07) is 9.51. The Hall–Kier alpha value is -3.22. The van der Waals surface area contributed by atoms with Gasteiger partial charge in [0.25, 0.3) is 11.8 Å². The van der Waals surface area contributed by atoms with Gasteiger partial charge in [0, 0.05) is 24.3 Å². The van der Waals surface area contributed by atoms with Crippen LogP contribution in [0.3, 0.4) is 0 Å². The summed E-state index contributed by atoms with van der Waals surface area (Å²) in [5.74, 6) is -1.51. The van der Waals surface area contributed by atoms with Crippen LogP contribution in [0.2, 0.25) is 0 Å². The summed E-state index contributed by atoms with van der Waals surface area (Å²) in [6.45, 7) is 3.12. The van der Waals surface area contributed by atoms with E-state index in [4.69, 9.17) is 5.11 Å². The molecule has 0 saturated carbocycles. The molecule has 1 aromatic heterocycles. The average molecular weight is 381 g/mol. The van der Waals surface area contributed by atoms with Crippen LogP contribution in [0.1, 0.15) is 62.6 Å². The summed E-state index contributed by atoms with van der Waals surface area (Å²) in [7, 11) is 0. The molecule has 3 rings (SSSR count). The lowest BCUT2D eigenvalue weighted by molar-refractivity contribution is 0.0693. The van der Waals surface area contributed by atoms with Crippen LogP contribution < -0.4 is 5.32 Å². The highest BCUT2D eigenvalue weighted by Gasteiger charge is 2.18. The van der Waals surface area contributed by atoms with E-state index in [1.165, 1.54) is 12.1 Å². The molecule has 0 bridgehead atoms. The zero-order valence-electron chi connectivity index (χ0n) is 15.8. The Morgan fingerprint density at radius 2 is 1.61 bits per heavy atom. The fraction of sp³-hybridized carbons (Fsp3) is 0.333. The number of hydrogen-bond acceptors (Lipinski definition) is 4. The third kappa shape index (κ3) is 4.54. The van der Waals surface area contributed by atoms with Gasteiger partial charge in [-0.25, -0.2) is 9.78 Å². The molecule has 0 spiro atoms. The van der Waals surface area contributed by atoms with Gasteiger partial charge in [-0.1, -0.05) is 12.8 Å². The molecule has 0 unspecified atom stereocenters. The number of hydrogen-bond donors (Lipinski definition) is 2. The second kappa shape index (κ2) is 8.65. The Kier molecular flexibility index (Phi) is 6.03. The Labute approximate surface area is 163 Å². The van der Waals surface area contributed by atoms with E-state index in [0.717, 1.165) is 38.8 Å². The van der Waals surface area contributed by atoms with Gasteiger partial charge in [-0.2, -0.15) is 0 Å². The standard InChI is InChI=1S/C21H23N3O4/c1-14-17(21(27)28)10-11-18(22-14)19(25)23-16-8-6-15(7-9-16)20(26)24-12-4-2-3-5-13-24/h6-11H,2-5,12-13H2,1H3,(H,23,25)(H,27,28). The van der Waals surface area contributed by atoms with Crippen LogP contribution in [0.5, 0.6) is 0 Å². The maximum atomic E-state index is 12.6. The largest absolute Gasteiger partial charge is 0.478 e. The normalized spacial score (nSPS) is 14.2. The van der Waals surface area contributed by atoms with E-state index in [1.807, 2.05) is 4.90 Å². The maximum Gasteiger partial charge on any atom is 0.337 e. The Balaban J connectivity index is 1.66. The number of benzene rings is 1. The van der Waals surface area contributed by atoms with Gasteiger partial charge in [0.15, 0.2) is 0 Å². The van der Waals surface area contributed by atoms with Crippen molar-refractivity contribution in [3.8, 4) is 0 Å². The van der Waals surface area contributed by atoms with Gasteiger partial charge in [0.05, 0.1) is 11.3 Å². The number of pyridine rings is 1. The Morgan fingerprint density at radius 3 is 2.18 bits per heavy atom. The molecule has 2 heterocycles. The van der Waals surface area contributed by atoms with Crippen LogP contribution in [-0.2, 0) is 0 Å². The van der Waals surface area contributed by atoms with Gasteiger partial charge in [-0.3, -0.25) is 9.59 Å². The van der Waals surface area contributed by atoms with E-state index in [-0.39, 0.29) is 22.9 Å². The number of rotatable bonds is 4. The SMILES string of the molecule is Cc1nc(C(=O)Nc2ccc(C(=O)N3CCCCCC3)cc2)ccc1C(=O)O. The number of aromatic nitrogens is 1. The van der Waals surface area contributed by atoms with Gasteiger partial charge in [-0.15, -0.1) is 0 Å². The smallest absolute Gasteiger partial charge is 0.337 e. The summed E-state index contributed by atoms with van der Waals surface area (Å²) in [4.78, 5) is 41.9. The number of carboxylic acid groups (broad SMARTS) is 1. The summed E-state index contributed by atoms with van der Waals surface area (Å²) in [5.41, 5.74) is 1.61. The molecule has 0 aliphatic carbocycles. The van der Waals surface area contributed by atoms with Crippen molar-refractivity contribution in [2.24, 2.45) is 0 Å². The van der Waals surface area contributed by atoms with Crippen molar-refractivity contribution in [2.75, 3.05) is 18.4 Å². The quantitative estimate of drug-likeness (QED) is 0.846. The third-order valence-corrected chi connectivity index (χ3v) is 4.83. The van der Waals surface area contributed by atoms with Crippen molar-refractivity contribution in [1.82, 2.24) is 9.88 Å². The average Bonchev–Trinajstić information content (AvgIpc) is 2.97. The molecular formula is C21H23N3O4. The van der Waals surface area contributed by atoms with E-state index in [2.05, 4.69) is 10.3 Å². The van der Waals surface area contributed by atoms with Gasteiger partial charge < -0.3 is 15.3 Å². The molecule has 2 N–H and O–H groups in total. The lowest BCUT2D eigenvalue weighted by Crippen LogP contribution is -2.31. The van der Waals surface area contributed by atoms with Crippen LogP contribution in [-0.4, -0.2) is 45.9 Å². The highest BCUT2D eigenvalue weighted by Crippen LogP contribution is 2.16. The first-order chi connectivity index (χ1) is 13.5. The third-order valence-electron chi connectivity index (χ3n) is 4.83. The highest BCUT2D eigenvalue weighted by atomic mass is 16.4. The van der Waals surface area contributed by atoms with E-state index >= 15 is 0 Å². The van der Waals surface area contributed by atoms with Crippen LogP contribution in [0.4, 0.5) is 5.69 Å². The zero-order valence-corrected chi connectivity index (χ0v) is 15.8. The molecule has 7 heteroatoms. The summed E-state index contributed by atoms with van der Waals surface area (Å²) in [5, 5.41) is 11.8. The number of nitrogens with one attached hydrogen (secondary N) is 1. The minimum Gasteiger partial charge on any atom is -0.478 e. The van der Waals surface area contributed by atoms with E-state index in [9.17, 15) is 14.4 Å². The number of nitrogens with zero attached hydrogens (tertiary/aromatic N) is 2. The van der Waals surface area contributed by atoms with Crippen LogP contribution in [0.15, 0.2) is 36.4 Å². The molecule has 0 radical (unpaired) electrons. The molecule has 7 nitrogen and oxygen atoms in total. The van der Waals surface area contributed by atoms with Crippen LogP contribution in [0.25, 0.3) is 0 Å². The lowest BCUT2D eigenvalue weighted by atomic mass is 10.1. The van der Waals surface area contributed by atoms with E-state index < -0.39 is 11.9 Å². The summed E-state index contributed by atoms with van der Waals surface area (Å²) < 4.78 is 0. The number of carbonyl (C=O) groups excluding carboxylic acids is 2. The molecule has 1 saturated heterocycles. The molecule has 1 fully saturated rings. The number of anilines is 1. The van der Waals surface area contributed by atoms with Crippen molar-refractivity contribution in [3.05, 3.63) is 58.9 Å². The molecular weight excluding hydrogens is 358 g/mol. The number of likely N-dealkylation sites (tertiary alicyclic amines) is 1. The number of aryl methyl sites for hydroxylation is 1. The second-order valence-corrected chi connectivity index (χ2v) is 6.87. The number of carbonyl (C=O) groups is 3. The number of amides is 2. The highest BCUT2D eigenvalue weighted by molar-refractivity contribution is 6.03. The predicted molar refractivity (Wildman–Crippen MR) is 105 cm³/mol. The predicted octanol–water partition coefficient (Wildman–Crippen LogP) is 3.36. The first kappa shape index (κ1) is 19.5. The molecule has 146 valence electrons. The summed E-state index contributed by atoms with van der Waals surface area (Å²) in [6.07, 6.45) is 4.39. The number of carboxylic acids is 1. The maximum absolute atomic E-state index is 12.6. The minimum atomic E-state index is -1.08. The molecule has 2 amide bonds. The fourth-order valence-corrected chi connectivity index (χ4v) is 3.26. The van der Waals surface area contributed by atoms with Crippen molar-refractivity contribution < 1.29 is 19.5 Å². The number of aromatic carboxylic acids is 1. The molecule has 1 aromatic carbocycles. The Bertz CT molecular complexity index is 885. The van der Waals surface area contributed by atoms with Gasteiger partial charge in [0.1, 0.15) is 5.69 Å². The van der Waals surface area contributed by atoms with Crippen LogP contribution >= 0.6 is 0 Å². The molecule has 1 aliphatic rings. The van der Waals surface area contributed by atoms with E-state index in [1.54, 1.807) is 31.2 Å². The summed E-state index contributed by atoms with van der Waals surface area (Å²) >= 11 is 0. The monoisotopic (exact) mass is 381 g/mol. The minimum absolute atomic E-state index is 0.0151. The van der Waals surface area contributed by atoms with Crippen molar-refractivity contribution in [2.45, 2.75) is 32.6 Å². The zero-order chi connectivity index (χ0) is 20.1. The first-order valence-electron chi connectivity index (χ1n) is 9.37. The lowest BCUT2D eigenvalue weighted by Gasteiger charge is -2.20. The molecule has 1 aliphatic heterocycles. The fourth-order valence-electron chi connectivity index (χ4n) is 3.26. The van der Waals surface area contributed by atoms with E-state index in [0.29, 0.717) is 11.3 Å². The first-order valence-corrected chi connectivity index (χ1v) is 9.37. The molecule has 0 atom stereocenters. The van der Waals surface area contributed by atoms with Crippen LogP contribution in [0, 0.1) is 6.92 Å². The Morgan fingerprint density at radius 1 is 0.964 bits per heavy atom. The van der Waals surface area contributed by atoms with Gasteiger partial charge in [-0.05, 0) is 56.2 Å². The second-order valence-electron chi connectivity index (χ2n) is 6.87. The van der Waals surface area contributed by atoms with Gasteiger partial charge >= 0.3 is 5.97 Å². The van der Waals surface area contributed by atoms with Crippen molar-refractivity contribution in [3.63, 3.8) is 0 Å². The van der Waals surface area contributed by atoms with Gasteiger partial charge in [0.2, 0.25) is 0 Å². The van der Waals surface area contributed by atoms with Crippen molar-refractivity contribution >= 4 is 23.5 Å². The van der Waals surface area contributed by atoms with Crippen molar-refractivity contribution in [1.29, 1.82) is 0 Å².